The maximum atomic E-state index is 12.5. The van der Waals surface area contributed by atoms with Gasteiger partial charge in [0.05, 0.1) is 21.7 Å². The lowest BCUT2D eigenvalue weighted by molar-refractivity contribution is -0.158. The molecule has 0 aromatic heterocycles. The van der Waals surface area contributed by atoms with Crippen LogP contribution in [0, 0.1) is 5.92 Å². The molecule has 0 aliphatic rings. The van der Waals surface area contributed by atoms with Gasteiger partial charge >= 0.3 is 17.9 Å². The molecule has 1 aromatic rings. The predicted octanol–water partition coefficient (Wildman–Crippen LogP) is 5.79. The van der Waals surface area contributed by atoms with E-state index in [0.29, 0.717) is 12.3 Å². The van der Waals surface area contributed by atoms with Gasteiger partial charge in [-0.05, 0) is 24.8 Å². The molecular formula is C19H23Cl3O6. The smallest absolute Gasteiger partial charge is 0.422 e. The van der Waals surface area contributed by atoms with Gasteiger partial charge in [-0.3, -0.25) is 0 Å². The molecule has 0 saturated carbocycles. The normalized spacial score (nSPS) is 11.8. The second-order valence-corrected chi connectivity index (χ2v) is 7.44. The molecule has 0 saturated heterocycles. The first-order valence-electron chi connectivity index (χ1n) is 9.02. The van der Waals surface area contributed by atoms with Crippen LogP contribution in [0.3, 0.4) is 0 Å². The number of carbonyl (C=O) groups excluding carboxylic acids is 2. The van der Waals surface area contributed by atoms with Gasteiger partial charge in [0.15, 0.2) is 5.75 Å². The standard InChI is InChI=1S/C19H23Cl3O6/c1-3-5-7-11(4-2)8-6-9-27-18(25)14-15(22)12(20)10-13(21)16(14)28-19(26)17(23)24/h10-11H,3-9H2,1-2H3,(H,23,24). The summed E-state index contributed by atoms with van der Waals surface area (Å²) in [5.41, 5.74) is -0.383. The van der Waals surface area contributed by atoms with E-state index in [1.54, 1.807) is 0 Å². The third kappa shape index (κ3) is 7.15. The number of aliphatic carboxylic acids is 1. The van der Waals surface area contributed by atoms with Crippen molar-refractivity contribution in [3.8, 4) is 5.75 Å². The Morgan fingerprint density at radius 1 is 1.07 bits per heavy atom. The Kier molecular flexibility index (Phi) is 10.6. The molecule has 1 rings (SSSR count). The van der Waals surface area contributed by atoms with Crippen molar-refractivity contribution in [1.29, 1.82) is 0 Å². The summed E-state index contributed by atoms with van der Waals surface area (Å²) >= 11 is 17.9. The summed E-state index contributed by atoms with van der Waals surface area (Å²) in [6.45, 7) is 4.40. The Hall–Kier alpha value is -1.50. The Labute approximate surface area is 179 Å². The van der Waals surface area contributed by atoms with E-state index >= 15 is 0 Å². The van der Waals surface area contributed by atoms with Crippen molar-refractivity contribution in [2.45, 2.75) is 52.4 Å². The van der Waals surface area contributed by atoms with Crippen molar-refractivity contribution in [3.63, 3.8) is 0 Å². The lowest BCUT2D eigenvalue weighted by Crippen LogP contribution is -2.21. The number of esters is 2. The zero-order valence-corrected chi connectivity index (χ0v) is 18.0. The van der Waals surface area contributed by atoms with Crippen LogP contribution in [0.2, 0.25) is 15.1 Å². The van der Waals surface area contributed by atoms with E-state index < -0.39 is 23.7 Å². The van der Waals surface area contributed by atoms with Crippen LogP contribution in [-0.2, 0) is 14.3 Å². The van der Waals surface area contributed by atoms with E-state index in [0.717, 1.165) is 38.2 Å². The molecule has 0 aliphatic carbocycles. The van der Waals surface area contributed by atoms with E-state index in [-0.39, 0.29) is 27.2 Å². The Morgan fingerprint density at radius 3 is 2.29 bits per heavy atom. The van der Waals surface area contributed by atoms with Gasteiger partial charge in [0, 0.05) is 0 Å². The largest absolute Gasteiger partial charge is 0.473 e. The summed E-state index contributed by atoms with van der Waals surface area (Å²) < 4.78 is 9.91. The van der Waals surface area contributed by atoms with Crippen LogP contribution in [0.5, 0.6) is 5.75 Å². The highest BCUT2D eigenvalue weighted by molar-refractivity contribution is 6.46. The predicted molar refractivity (Wildman–Crippen MR) is 108 cm³/mol. The fourth-order valence-electron chi connectivity index (χ4n) is 2.65. The summed E-state index contributed by atoms with van der Waals surface area (Å²) in [7, 11) is 0. The molecule has 6 nitrogen and oxygen atoms in total. The molecule has 0 radical (unpaired) electrons. The summed E-state index contributed by atoms with van der Waals surface area (Å²) in [5.74, 6) is -4.29. The van der Waals surface area contributed by atoms with Crippen LogP contribution in [0.25, 0.3) is 0 Å². The number of benzene rings is 1. The molecule has 1 unspecified atom stereocenters. The number of ether oxygens (including phenoxy) is 2. The van der Waals surface area contributed by atoms with E-state index in [9.17, 15) is 14.4 Å². The van der Waals surface area contributed by atoms with Crippen molar-refractivity contribution >= 4 is 52.7 Å². The Bertz CT molecular complexity index is 720. The van der Waals surface area contributed by atoms with Crippen LogP contribution < -0.4 is 4.74 Å². The number of unbranched alkanes of at least 4 members (excludes halogenated alkanes) is 1. The molecule has 0 spiro atoms. The Balaban J connectivity index is 2.86. The lowest BCUT2D eigenvalue weighted by atomic mass is 9.94. The molecule has 1 atom stereocenters. The molecule has 156 valence electrons. The Morgan fingerprint density at radius 2 is 1.71 bits per heavy atom. The fraction of sp³-hybridized carbons (Fsp3) is 0.526. The van der Waals surface area contributed by atoms with Gasteiger partial charge in [0.1, 0.15) is 5.56 Å². The first-order chi connectivity index (χ1) is 13.2. The zero-order chi connectivity index (χ0) is 21.3. The lowest BCUT2D eigenvalue weighted by Gasteiger charge is -2.15. The van der Waals surface area contributed by atoms with Gasteiger partial charge < -0.3 is 14.6 Å². The molecule has 0 fully saturated rings. The van der Waals surface area contributed by atoms with Crippen LogP contribution in [0.1, 0.15) is 62.7 Å². The number of hydrogen-bond acceptors (Lipinski definition) is 5. The molecule has 0 aliphatic heterocycles. The van der Waals surface area contributed by atoms with E-state index in [1.165, 1.54) is 0 Å². The summed E-state index contributed by atoms with van der Waals surface area (Å²) in [6, 6.07) is 1.15. The average Bonchev–Trinajstić information content (AvgIpc) is 2.65. The minimum Gasteiger partial charge on any atom is -0.473 e. The zero-order valence-electron chi connectivity index (χ0n) is 15.7. The maximum absolute atomic E-state index is 12.5. The topological polar surface area (TPSA) is 89.9 Å². The van der Waals surface area contributed by atoms with E-state index in [1.807, 2.05) is 0 Å². The van der Waals surface area contributed by atoms with E-state index in [4.69, 9.17) is 44.6 Å². The van der Waals surface area contributed by atoms with Gasteiger partial charge in [-0.2, -0.15) is 0 Å². The highest BCUT2D eigenvalue weighted by Gasteiger charge is 2.27. The quantitative estimate of drug-likeness (QED) is 0.158. The highest BCUT2D eigenvalue weighted by Crippen LogP contribution is 2.39. The summed E-state index contributed by atoms with van der Waals surface area (Å²) in [4.78, 5) is 34.6. The first kappa shape index (κ1) is 24.5. The second kappa shape index (κ2) is 12.1. The number of rotatable bonds is 10. The molecule has 28 heavy (non-hydrogen) atoms. The minimum atomic E-state index is -1.85. The van der Waals surface area contributed by atoms with Crippen LogP contribution in [-0.4, -0.2) is 29.6 Å². The van der Waals surface area contributed by atoms with Crippen molar-refractivity contribution in [2.24, 2.45) is 5.92 Å². The summed E-state index contributed by atoms with van der Waals surface area (Å²) in [5, 5.41) is 8.18. The van der Waals surface area contributed by atoms with Crippen molar-refractivity contribution in [3.05, 3.63) is 26.7 Å². The monoisotopic (exact) mass is 452 g/mol. The highest BCUT2D eigenvalue weighted by atomic mass is 35.5. The van der Waals surface area contributed by atoms with Gasteiger partial charge in [0.25, 0.3) is 0 Å². The van der Waals surface area contributed by atoms with Crippen molar-refractivity contribution < 1.29 is 29.0 Å². The molecule has 0 bridgehead atoms. The van der Waals surface area contributed by atoms with Crippen molar-refractivity contribution in [2.75, 3.05) is 6.61 Å². The average molecular weight is 454 g/mol. The van der Waals surface area contributed by atoms with Gasteiger partial charge in [0.2, 0.25) is 0 Å². The van der Waals surface area contributed by atoms with Gasteiger partial charge in [-0.15, -0.1) is 0 Å². The molecule has 1 N–H and O–H groups in total. The molecular weight excluding hydrogens is 431 g/mol. The number of carbonyl (C=O) groups is 3. The summed E-state index contributed by atoms with van der Waals surface area (Å²) in [6.07, 6.45) is 6.05. The van der Waals surface area contributed by atoms with Crippen LogP contribution in [0.15, 0.2) is 6.07 Å². The molecule has 0 heterocycles. The molecule has 0 amide bonds. The van der Waals surface area contributed by atoms with Crippen LogP contribution >= 0.6 is 34.8 Å². The van der Waals surface area contributed by atoms with Gasteiger partial charge in [-0.25, -0.2) is 14.4 Å². The molecule has 1 aromatic carbocycles. The second-order valence-electron chi connectivity index (χ2n) is 6.25. The number of carboxylic acid groups (broad SMARTS) is 1. The molecule has 9 heteroatoms. The third-order valence-corrected chi connectivity index (χ3v) is 5.30. The minimum absolute atomic E-state index is 0.0562. The van der Waals surface area contributed by atoms with Crippen LogP contribution in [0.4, 0.5) is 0 Å². The third-order valence-electron chi connectivity index (χ3n) is 4.23. The maximum Gasteiger partial charge on any atom is 0.422 e. The number of halogens is 3. The van der Waals surface area contributed by atoms with E-state index in [2.05, 4.69) is 18.6 Å². The van der Waals surface area contributed by atoms with Crippen molar-refractivity contribution in [1.82, 2.24) is 0 Å². The fourth-order valence-corrected chi connectivity index (χ4v) is 3.37. The SMILES string of the molecule is CCCCC(CC)CCCOC(=O)c1c(Cl)c(Cl)cc(Cl)c1OC(=O)C(=O)O. The number of carboxylic acids is 1. The number of hydrogen-bond donors (Lipinski definition) is 1. The first-order valence-corrected chi connectivity index (χ1v) is 10.2. The van der Waals surface area contributed by atoms with Gasteiger partial charge in [-0.1, -0.05) is 74.3 Å².